The third kappa shape index (κ3) is 4.36. The van der Waals surface area contributed by atoms with Gasteiger partial charge < -0.3 is 14.6 Å². The molecule has 0 aromatic heterocycles. The van der Waals surface area contributed by atoms with Crippen LogP contribution in [0.2, 0.25) is 0 Å². The van der Waals surface area contributed by atoms with E-state index < -0.39 is 5.97 Å². The maximum absolute atomic E-state index is 11.1. The first-order valence-corrected chi connectivity index (χ1v) is 8.44. The molecule has 0 aliphatic rings. The highest BCUT2D eigenvalue weighted by molar-refractivity contribution is 5.93. The van der Waals surface area contributed by atoms with Crippen molar-refractivity contribution < 1.29 is 19.4 Å². The van der Waals surface area contributed by atoms with Crippen LogP contribution in [0, 0.1) is 0 Å². The van der Waals surface area contributed by atoms with Gasteiger partial charge in [0.05, 0.1) is 19.8 Å². The smallest absolute Gasteiger partial charge is 0.335 e. The van der Waals surface area contributed by atoms with Crippen molar-refractivity contribution in [2.45, 2.75) is 0 Å². The van der Waals surface area contributed by atoms with Crippen LogP contribution < -0.4 is 9.47 Å². The van der Waals surface area contributed by atoms with E-state index in [2.05, 4.69) is 6.08 Å². The molecule has 0 saturated carbocycles. The molecular weight excluding hydrogens is 340 g/mol. The standard InChI is InChI=1S/C23H20O4/c1-26-20-11-3-16(4-12-20)15-22(18-9-13-21(27-2)14-10-18)17-5-7-19(8-6-17)23(24)25/h3-15H,1-2H3,(H,24,25)/b22-15-. The third-order valence-corrected chi connectivity index (χ3v) is 4.27. The summed E-state index contributed by atoms with van der Waals surface area (Å²) in [5.74, 6) is 0.638. The highest BCUT2D eigenvalue weighted by Crippen LogP contribution is 2.28. The quantitative estimate of drug-likeness (QED) is 0.629. The van der Waals surface area contributed by atoms with Crippen molar-refractivity contribution in [3.63, 3.8) is 0 Å². The lowest BCUT2D eigenvalue weighted by atomic mass is 9.95. The van der Waals surface area contributed by atoms with Gasteiger partial charge in [-0.3, -0.25) is 0 Å². The lowest BCUT2D eigenvalue weighted by molar-refractivity contribution is 0.0697. The van der Waals surface area contributed by atoms with Crippen molar-refractivity contribution in [2.24, 2.45) is 0 Å². The van der Waals surface area contributed by atoms with Gasteiger partial charge in [-0.1, -0.05) is 36.4 Å². The number of hydrogen-bond acceptors (Lipinski definition) is 3. The third-order valence-electron chi connectivity index (χ3n) is 4.27. The predicted molar refractivity (Wildman–Crippen MR) is 106 cm³/mol. The van der Waals surface area contributed by atoms with Crippen LogP contribution in [-0.2, 0) is 0 Å². The van der Waals surface area contributed by atoms with Gasteiger partial charge in [-0.2, -0.15) is 0 Å². The summed E-state index contributed by atoms with van der Waals surface area (Å²) in [5, 5.41) is 9.13. The minimum atomic E-state index is -0.938. The molecule has 3 aromatic carbocycles. The average molecular weight is 360 g/mol. The molecule has 136 valence electrons. The van der Waals surface area contributed by atoms with Crippen LogP contribution in [0.4, 0.5) is 0 Å². The number of carboxylic acids is 1. The van der Waals surface area contributed by atoms with E-state index in [1.54, 1.807) is 26.4 Å². The lowest BCUT2D eigenvalue weighted by Crippen LogP contribution is -1.96. The van der Waals surface area contributed by atoms with Gasteiger partial charge in [0.1, 0.15) is 11.5 Å². The molecular formula is C23H20O4. The molecule has 0 heterocycles. The zero-order chi connectivity index (χ0) is 19.2. The molecule has 0 atom stereocenters. The van der Waals surface area contributed by atoms with Gasteiger partial charge in [0.2, 0.25) is 0 Å². The first-order chi connectivity index (χ1) is 13.1. The van der Waals surface area contributed by atoms with E-state index in [9.17, 15) is 4.79 Å². The van der Waals surface area contributed by atoms with Crippen LogP contribution in [-0.4, -0.2) is 25.3 Å². The summed E-state index contributed by atoms with van der Waals surface area (Å²) in [6.45, 7) is 0. The van der Waals surface area contributed by atoms with Crippen LogP contribution in [0.15, 0.2) is 72.8 Å². The summed E-state index contributed by atoms with van der Waals surface area (Å²) < 4.78 is 10.5. The summed E-state index contributed by atoms with van der Waals surface area (Å²) in [7, 11) is 3.27. The number of carboxylic acid groups (broad SMARTS) is 1. The van der Waals surface area contributed by atoms with Gasteiger partial charge in [0.25, 0.3) is 0 Å². The topological polar surface area (TPSA) is 55.8 Å². The molecule has 27 heavy (non-hydrogen) atoms. The molecule has 1 N–H and O–H groups in total. The largest absolute Gasteiger partial charge is 0.497 e. The van der Waals surface area contributed by atoms with E-state index in [0.29, 0.717) is 0 Å². The van der Waals surface area contributed by atoms with Crippen molar-refractivity contribution in [2.75, 3.05) is 14.2 Å². The minimum Gasteiger partial charge on any atom is -0.497 e. The Morgan fingerprint density at radius 3 is 1.56 bits per heavy atom. The fraction of sp³-hybridized carbons (Fsp3) is 0.0870. The Bertz CT molecular complexity index is 937. The molecule has 0 spiro atoms. The van der Waals surface area contributed by atoms with Gasteiger partial charge in [-0.05, 0) is 64.7 Å². The fourth-order valence-electron chi connectivity index (χ4n) is 2.76. The first kappa shape index (κ1) is 18.3. The second kappa shape index (κ2) is 8.23. The summed E-state index contributed by atoms with van der Waals surface area (Å²) in [4.78, 5) is 11.1. The monoisotopic (exact) mass is 360 g/mol. The van der Waals surface area contributed by atoms with Crippen LogP contribution in [0.5, 0.6) is 11.5 Å². The lowest BCUT2D eigenvalue weighted by Gasteiger charge is -2.11. The Morgan fingerprint density at radius 2 is 1.11 bits per heavy atom. The molecule has 0 unspecified atom stereocenters. The summed E-state index contributed by atoms with van der Waals surface area (Å²) in [6.07, 6.45) is 2.07. The molecule has 4 nitrogen and oxygen atoms in total. The van der Waals surface area contributed by atoms with Crippen LogP contribution in [0.25, 0.3) is 11.6 Å². The molecule has 0 amide bonds. The molecule has 0 bridgehead atoms. The van der Waals surface area contributed by atoms with E-state index >= 15 is 0 Å². The van der Waals surface area contributed by atoms with Crippen molar-refractivity contribution in [3.8, 4) is 11.5 Å². The van der Waals surface area contributed by atoms with Gasteiger partial charge in [0, 0.05) is 0 Å². The number of ether oxygens (including phenoxy) is 2. The summed E-state index contributed by atoms with van der Waals surface area (Å²) >= 11 is 0. The molecule has 0 radical (unpaired) electrons. The van der Waals surface area contributed by atoms with Crippen LogP contribution >= 0.6 is 0 Å². The highest BCUT2D eigenvalue weighted by atomic mass is 16.5. The number of benzene rings is 3. The number of rotatable bonds is 6. The van der Waals surface area contributed by atoms with E-state index in [1.165, 1.54) is 0 Å². The molecule has 0 aliphatic heterocycles. The number of aromatic carboxylic acids is 1. The van der Waals surface area contributed by atoms with Crippen LogP contribution in [0.1, 0.15) is 27.0 Å². The van der Waals surface area contributed by atoms with Gasteiger partial charge >= 0.3 is 5.97 Å². The van der Waals surface area contributed by atoms with E-state index in [1.807, 2.05) is 60.7 Å². The molecule has 0 aliphatic carbocycles. The second-order valence-corrected chi connectivity index (χ2v) is 5.94. The highest BCUT2D eigenvalue weighted by Gasteiger charge is 2.08. The maximum Gasteiger partial charge on any atom is 0.335 e. The Kier molecular flexibility index (Phi) is 5.57. The van der Waals surface area contributed by atoms with Crippen molar-refractivity contribution in [1.29, 1.82) is 0 Å². The molecule has 4 heteroatoms. The average Bonchev–Trinajstić information content (AvgIpc) is 2.72. The SMILES string of the molecule is COc1ccc(/C=C(\c2ccc(OC)cc2)c2ccc(C(=O)O)cc2)cc1. The summed E-state index contributed by atoms with van der Waals surface area (Å²) in [6, 6.07) is 22.4. The Morgan fingerprint density at radius 1 is 0.704 bits per heavy atom. The van der Waals surface area contributed by atoms with Crippen molar-refractivity contribution in [3.05, 3.63) is 95.1 Å². The van der Waals surface area contributed by atoms with Crippen LogP contribution in [0.3, 0.4) is 0 Å². The molecule has 3 aromatic rings. The van der Waals surface area contributed by atoms with E-state index in [-0.39, 0.29) is 5.56 Å². The number of methoxy groups -OCH3 is 2. The second-order valence-electron chi connectivity index (χ2n) is 5.94. The Labute approximate surface area is 158 Å². The maximum atomic E-state index is 11.1. The first-order valence-electron chi connectivity index (χ1n) is 8.44. The molecule has 3 rings (SSSR count). The Hall–Kier alpha value is -3.53. The van der Waals surface area contributed by atoms with E-state index in [0.717, 1.165) is 33.8 Å². The normalized spacial score (nSPS) is 11.1. The molecule has 0 fully saturated rings. The van der Waals surface area contributed by atoms with Crippen molar-refractivity contribution in [1.82, 2.24) is 0 Å². The summed E-state index contributed by atoms with van der Waals surface area (Å²) in [5.41, 5.74) is 4.21. The Balaban J connectivity index is 2.06. The zero-order valence-electron chi connectivity index (χ0n) is 15.2. The van der Waals surface area contributed by atoms with Crippen molar-refractivity contribution >= 4 is 17.6 Å². The fourth-order valence-corrected chi connectivity index (χ4v) is 2.76. The van der Waals surface area contributed by atoms with Gasteiger partial charge in [0.15, 0.2) is 0 Å². The predicted octanol–water partition coefficient (Wildman–Crippen LogP) is 4.99. The minimum absolute atomic E-state index is 0.261. The number of hydrogen-bond donors (Lipinski definition) is 1. The zero-order valence-corrected chi connectivity index (χ0v) is 15.2. The molecule has 0 saturated heterocycles. The van der Waals surface area contributed by atoms with Gasteiger partial charge in [-0.15, -0.1) is 0 Å². The van der Waals surface area contributed by atoms with Gasteiger partial charge in [-0.25, -0.2) is 4.79 Å². The number of carbonyl (C=O) groups is 1. The van der Waals surface area contributed by atoms with E-state index in [4.69, 9.17) is 14.6 Å².